The average Bonchev–Trinajstić information content (AvgIpc) is 2.26. The number of hydrogen-bond acceptors (Lipinski definition) is 3. The van der Waals surface area contributed by atoms with Crippen molar-refractivity contribution in [3.05, 3.63) is 28.8 Å². The van der Waals surface area contributed by atoms with Gasteiger partial charge in [0, 0.05) is 25.3 Å². The van der Waals surface area contributed by atoms with Gasteiger partial charge in [0.05, 0.1) is 11.1 Å². The van der Waals surface area contributed by atoms with Gasteiger partial charge in [-0.3, -0.25) is 4.79 Å². The fourth-order valence-electron chi connectivity index (χ4n) is 1.77. The molecule has 0 aromatic heterocycles. The highest BCUT2D eigenvalue weighted by Crippen LogP contribution is 2.25. The molecule has 0 saturated carbocycles. The van der Waals surface area contributed by atoms with Crippen LogP contribution in [0.2, 0.25) is 5.02 Å². The number of carbonyl (C=O) groups excluding carboxylic acids is 1. The van der Waals surface area contributed by atoms with Crippen molar-refractivity contribution in [2.45, 2.75) is 13.0 Å². The Bertz CT molecular complexity index is 430. The number of rotatable bonds is 3. The third-order valence-electron chi connectivity index (χ3n) is 2.73. The molecule has 1 fully saturated rings. The second-order valence-electron chi connectivity index (χ2n) is 3.95. The van der Waals surface area contributed by atoms with Crippen LogP contribution in [0.3, 0.4) is 0 Å². The topological polar surface area (TPSA) is 49.8 Å². The summed E-state index contributed by atoms with van der Waals surface area (Å²) in [5.74, 6) is -0.174. The second-order valence-corrected chi connectivity index (χ2v) is 4.36. The number of ether oxygens (including phenoxy) is 1. The smallest absolute Gasteiger partial charge is 0.254 e. The molecular weight excluding hydrogens is 242 g/mol. The Morgan fingerprint density at radius 1 is 1.59 bits per heavy atom. The van der Waals surface area contributed by atoms with E-state index in [0.717, 1.165) is 0 Å². The molecule has 5 heteroatoms. The lowest BCUT2D eigenvalue weighted by molar-refractivity contribution is -0.0378. The average molecular weight is 256 g/mol. The number of nitrogens with zero attached hydrogens (tertiary/aromatic N) is 1. The van der Waals surface area contributed by atoms with Crippen LogP contribution < -0.4 is 0 Å². The first-order valence-corrected chi connectivity index (χ1v) is 5.89. The van der Waals surface area contributed by atoms with Gasteiger partial charge >= 0.3 is 0 Å². The molecule has 1 aliphatic heterocycles. The van der Waals surface area contributed by atoms with Crippen LogP contribution in [0.15, 0.2) is 18.2 Å². The van der Waals surface area contributed by atoms with Gasteiger partial charge < -0.3 is 14.7 Å². The maximum Gasteiger partial charge on any atom is 0.254 e. The molecule has 4 nitrogen and oxygen atoms in total. The van der Waals surface area contributed by atoms with E-state index >= 15 is 0 Å². The highest BCUT2D eigenvalue weighted by atomic mass is 35.5. The van der Waals surface area contributed by atoms with E-state index in [1.165, 1.54) is 12.1 Å². The lowest BCUT2D eigenvalue weighted by atomic mass is 10.1. The molecule has 0 bridgehead atoms. The zero-order chi connectivity index (χ0) is 12.4. The van der Waals surface area contributed by atoms with Crippen LogP contribution in [0, 0.1) is 0 Å². The van der Waals surface area contributed by atoms with Crippen molar-refractivity contribution in [3.8, 4) is 5.75 Å². The van der Waals surface area contributed by atoms with Crippen molar-refractivity contribution in [2.24, 2.45) is 0 Å². The maximum atomic E-state index is 12.0. The highest BCUT2D eigenvalue weighted by Gasteiger charge is 2.31. The lowest BCUT2D eigenvalue weighted by Gasteiger charge is -2.38. The molecular formula is C12H14ClNO3. The molecule has 1 aliphatic rings. The number of phenols is 1. The summed E-state index contributed by atoms with van der Waals surface area (Å²) in [7, 11) is 0. The van der Waals surface area contributed by atoms with Gasteiger partial charge in [-0.2, -0.15) is 0 Å². The minimum atomic E-state index is -0.104. The number of benzene rings is 1. The van der Waals surface area contributed by atoms with E-state index in [1.54, 1.807) is 11.0 Å². The van der Waals surface area contributed by atoms with E-state index in [1.807, 2.05) is 6.92 Å². The Kier molecular flexibility index (Phi) is 3.54. The molecule has 1 saturated heterocycles. The van der Waals surface area contributed by atoms with Crippen LogP contribution in [-0.2, 0) is 4.74 Å². The fourth-order valence-corrected chi connectivity index (χ4v) is 1.89. The van der Waals surface area contributed by atoms with Gasteiger partial charge in [-0.15, -0.1) is 0 Å². The summed E-state index contributed by atoms with van der Waals surface area (Å²) in [6.45, 7) is 3.81. The van der Waals surface area contributed by atoms with Gasteiger partial charge in [0.2, 0.25) is 0 Å². The van der Waals surface area contributed by atoms with Crippen LogP contribution in [-0.4, -0.2) is 41.7 Å². The largest absolute Gasteiger partial charge is 0.506 e. The Hall–Kier alpha value is -1.26. The third kappa shape index (κ3) is 2.53. The van der Waals surface area contributed by atoms with Crippen molar-refractivity contribution < 1.29 is 14.6 Å². The van der Waals surface area contributed by atoms with Crippen LogP contribution in [0.5, 0.6) is 5.75 Å². The molecule has 0 aliphatic carbocycles. The minimum absolute atomic E-state index is 0.0700. The molecule has 17 heavy (non-hydrogen) atoms. The SMILES string of the molecule is CCOC1CN(C(=O)c2ccc(Cl)c(O)c2)C1. The Morgan fingerprint density at radius 3 is 2.88 bits per heavy atom. The van der Waals surface area contributed by atoms with Crippen molar-refractivity contribution in [3.63, 3.8) is 0 Å². The summed E-state index contributed by atoms with van der Waals surface area (Å²) < 4.78 is 5.37. The van der Waals surface area contributed by atoms with Crippen molar-refractivity contribution in [1.29, 1.82) is 0 Å². The van der Waals surface area contributed by atoms with Crippen molar-refractivity contribution in [1.82, 2.24) is 4.90 Å². The molecule has 0 spiro atoms. The van der Waals surface area contributed by atoms with E-state index in [2.05, 4.69) is 0 Å². The zero-order valence-corrected chi connectivity index (χ0v) is 10.3. The molecule has 1 amide bonds. The van der Waals surface area contributed by atoms with E-state index in [-0.39, 0.29) is 22.8 Å². The van der Waals surface area contributed by atoms with Crippen LogP contribution >= 0.6 is 11.6 Å². The van der Waals surface area contributed by atoms with Gasteiger partial charge in [-0.1, -0.05) is 11.6 Å². The van der Waals surface area contributed by atoms with E-state index in [9.17, 15) is 9.90 Å². The first-order chi connectivity index (χ1) is 8.11. The van der Waals surface area contributed by atoms with E-state index in [0.29, 0.717) is 25.3 Å². The van der Waals surface area contributed by atoms with Crippen molar-refractivity contribution >= 4 is 17.5 Å². The first kappa shape index (κ1) is 12.2. The van der Waals surface area contributed by atoms with Crippen LogP contribution in [0.25, 0.3) is 0 Å². The Morgan fingerprint density at radius 2 is 2.29 bits per heavy atom. The number of halogens is 1. The van der Waals surface area contributed by atoms with Crippen molar-refractivity contribution in [2.75, 3.05) is 19.7 Å². The Balaban J connectivity index is 1.99. The second kappa shape index (κ2) is 4.94. The molecule has 92 valence electrons. The fraction of sp³-hybridized carbons (Fsp3) is 0.417. The monoisotopic (exact) mass is 255 g/mol. The molecule has 0 radical (unpaired) electrons. The summed E-state index contributed by atoms with van der Waals surface area (Å²) in [4.78, 5) is 13.6. The number of aromatic hydroxyl groups is 1. The molecule has 1 aromatic rings. The summed E-state index contributed by atoms with van der Waals surface area (Å²) in [5.41, 5.74) is 0.446. The first-order valence-electron chi connectivity index (χ1n) is 5.51. The van der Waals surface area contributed by atoms with E-state index < -0.39 is 0 Å². The van der Waals surface area contributed by atoms with E-state index in [4.69, 9.17) is 16.3 Å². The number of phenolic OH excluding ortho intramolecular Hbond substituents is 1. The normalized spacial score (nSPS) is 15.8. The van der Waals surface area contributed by atoms with Gasteiger partial charge in [0.15, 0.2) is 0 Å². The van der Waals surface area contributed by atoms with Crippen LogP contribution in [0.4, 0.5) is 0 Å². The number of carbonyl (C=O) groups is 1. The molecule has 2 rings (SSSR count). The quantitative estimate of drug-likeness (QED) is 0.898. The minimum Gasteiger partial charge on any atom is -0.506 e. The number of amides is 1. The predicted octanol–water partition coefficient (Wildman–Crippen LogP) is 1.91. The molecule has 1 heterocycles. The number of hydrogen-bond donors (Lipinski definition) is 1. The highest BCUT2D eigenvalue weighted by molar-refractivity contribution is 6.32. The molecule has 1 N–H and O–H groups in total. The molecule has 1 aromatic carbocycles. The summed E-state index contributed by atoms with van der Waals surface area (Å²) >= 11 is 5.68. The summed E-state index contributed by atoms with van der Waals surface area (Å²) in [5, 5.41) is 9.68. The molecule has 0 atom stereocenters. The Labute approximate surface area is 105 Å². The maximum absolute atomic E-state index is 12.0. The van der Waals surface area contributed by atoms with Gasteiger partial charge in [-0.25, -0.2) is 0 Å². The van der Waals surface area contributed by atoms with Gasteiger partial charge in [0.25, 0.3) is 5.91 Å². The zero-order valence-electron chi connectivity index (χ0n) is 9.52. The third-order valence-corrected chi connectivity index (χ3v) is 3.05. The van der Waals surface area contributed by atoms with Gasteiger partial charge in [0.1, 0.15) is 5.75 Å². The standard InChI is InChI=1S/C12H14ClNO3/c1-2-17-9-6-14(7-9)12(16)8-3-4-10(13)11(15)5-8/h3-5,9,15H,2,6-7H2,1H3. The predicted molar refractivity (Wildman–Crippen MR) is 64.4 cm³/mol. The van der Waals surface area contributed by atoms with Crippen LogP contribution in [0.1, 0.15) is 17.3 Å². The summed E-state index contributed by atoms with van der Waals surface area (Å²) in [6, 6.07) is 4.51. The lowest BCUT2D eigenvalue weighted by Crippen LogP contribution is -2.54. The van der Waals surface area contributed by atoms with Gasteiger partial charge in [-0.05, 0) is 25.1 Å². The summed E-state index contributed by atoms with van der Waals surface area (Å²) in [6.07, 6.45) is 0.143. The molecule has 0 unspecified atom stereocenters. The number of likely N-dealkylation sites (tertiary alicyclic amines) is 1.